The van der Waals surface area contributed by atoms with Crippen LogP contribution in [0.4, 0.5) is 0 Å². The van der Waals surface area contributed by atoms with E-state index in [-0.39, 0.29) is 0 Å². The highest BCUT2D eigenvalue weighted by Crippen LogP contribution is 2.18. The van der Waals surface area contributed by atoms with Crippen LogP contribution in [0.15, 0.2) is 0 Å². The summed E-state index contributed by atoms with van der Waals surface area (Å²) < 4.78 is 0. The van der Waals surface area contributed by atoms with Gasteiger partial charge in [0, 0.05) is 0 Å². The van der Waals surface area contributed by atoms with Crippen molar-refractivity contribution < 1.29 is 0 Å². The average molecular weight is 128 g/mol. The molecule has 0 heterocycles. The zero-order valence-corrected chi connectivity index (χ0v) is 7.28. The van der Waals surface area contributed by atoms with Crippen LogP contribution < -0.4 is 0 Å². The third kappa shape index (κ3) is 3.56. The van der Waals surface area contributed by atoms with E-state index in [2.05, 4.69) is 27.7 Å². The predicted molar refractivity (Wildman–Crippen MR) is 43.5 cm³/mol. The molecule has 0 spiro atoms. The van der Waals surface area contributed by atoms with Gasteiger partial charge in [-0.25, -0.2) is 0 Å². The van der Waals surface area contributed by atoms with Crippen molar-refractivity contribution in [2.75, 3.05) is 0 Å². The van der Waals surface area contributed by atoms with Crippen LogP contribution in [0.3, 0.4) is 0 Å². The molecule has 0 saturated carbocycles. The van der Waals surface area contributed by atoms with Crippen molar-refractivity contribution in [2.24, 2.45) is 11.8 Å². The molecule has 56 valence electrons. The van der Waals surface area contributed by atoms with E-state index in [1.165, 1.54) is 19.3 Å². The molecule has 0 aliphatic carbocycles. The van der Waals surface area contributed by atoms with E-state index >= 15 is 0 Å². The summed E-state index contributed by atoms with van der Waals surface area (Å²) in [5, 5.41) is 0. The molecule has 0 radical (unpaired) electrons. The quantitative estimate of drug-likeness (QED) is 0.544. The van der Waals surface area contributed by atoms with Gasteiger partial charge in [0.25, 0.3) is 0 Å². The molecule has 0 aliphatic rings. The van der Waals surface area contributed by atoms with Gasteiger partial charge in [-0.1, -0.05) is 47.0 Å². The second-order valence-corrected chi connectivity index (χ2v) is 3.15. The Labute approximate surface area is 59.7 Å². The summed E-state index contributed by atoms with van der Waals surface area (Å²) in [6.45, 7) is 9.24. The lowest BCUT2D eigenvalue weighted by molar-refractivity contribution is 0.352. The summed E-state index contributed by atoms with van der Waals surface area (Å²) in [6, 6.07) is 0. The van der Waals surface area contributed by atoms with Gasteiger partial charge in [-0.05, 0) is 11.8 Å². The molecule has 0 bridgehead atoms. The van der Waals surface area contributed by atoms with Crippen LogP contribution in [0.1, 0.15) is 47.0 Å². The van der Waals surface area contributed by atoms with Gasteiger partial charge in [0.1, 0.15) is 0 Å². The minimum Gasteiger partial charge on any atom is -0.0654 e. The number of hydrogen-bond donors (Lipinski definition) is 0. The fourth-order valence-corrected chi connectivity index (χ4v) is 1.14. The second-order valence-electron chi connectivity index (χ2n) is 3.15. The molecule has 0 aliphatic heterocycles. The van der Waals surface area contributed by atoms with Crippen molar-refractivity contribution in [3.05, 3.63) is 0 Å². The molecule has 0 amide bonds. The van der Waals surface area contributed by atoms with Crippen molar-refractivity contribution in [2.45, 2.75) is 47.0 Å². The topological polar surface area (TPSA) is 0 Å². The summed E-state index contributed by atoms with van der Waals surface area (Å²) >= 11 is 0. The molecular formula is C9H20. The van der Waals surface area contributed by atoms with Crippen LogP contribution in [0, 0.1) is 11.8 Å². The standard InChI is InChI=1S/C9H20/c1-5-7-9(4)8(3)6-2/h8-9H,5-7H2,1-4H3/t8-,9+/m0/s1. The van der Waals surface area contributed by atoms with E-state index < -0.39 is 0 Å². The van der Waals surface area contributed by atoms with E-state index in [1.807, 2.05) is 0 Å². The smallest absolute Gasteiger partial charge is 0.0417 e. The molecule has 0 nitrogen and oxygen atoms in total. The Kier molecular flexibility index (Phi) is 4.84. The molecule has 0 fully saturated rings. The number of rotatable bonds is 4. The summed E-state index contributed by atoms with van der Waals surface area (Å²) in [4.78, 5) is 0. The van der Waals surface area contributed by atoms with E-state index in [9.17, 15) is 0 Å². The molecule has 0 heteroatoms. The van der Waals surface area contributed by atoms with Gasteiger partial charge in [0.15, 0.2) is 0 Å². The summed E-state index contributed by atoms with van der Waals surface area (Å²) in [5.74, 6) is 1.85. The van der Waals surface area contributed by atoms with Gasteiger partial charge in [0.05, 0.1) is 0 Å². The minimum absolute atomic E-state index is 0.921. The van der Waals surface area contributed by atoms with Crippen molar-refractivity contribution >= 4 is 0 Å². The lowest BCUT2D eigenvalue weighted by atomic mass is 9.90. The van der Waals surface area contributed by atoms with Gasteiger partial charge in [-0.2, -0.15) is 0 Å². The Hall–Kier alpha value is 0. The van der Waals surface area contributed by atoms with Crippen molar-refractivity contribution in [3.63, 3.8) is 0 Å². The molecular weight excluding hydrogens is 108 g/mol. The molecule has 2 atom stereocenters. The number of hydrogen-bond acceptors (Lipinski definition) is 0. The van der Waals surface area contributed by atoms with E-state index in [0.717, 1.165) is 11.8 Å². The molecule has 0 rings (SSSR count). The molecule has 0 aromatic carbocycles. The highest BCUT2D eigenvalue weighted by molar-refractivity contribution is 4.58. The van der Waals surface area contributed by atoms with Crippen LogP contribution >= 0.6 is 0 Å². The average Bonchev–Trinajstić information content (AvgIpc) is 1.87. The molecule has 0 saturated heterocycles. The molecule has 9 heavy (non-hydrogen) atoms. The Morgan fingerprint density at radius 3 is 1.89 bits per heavy atom. The predicted octanol–water partition coefficient (Wildman–Crippen LogP) is 3.47. The first kappa shape index (κ1) is 9.00. The maximum absolute atomic E-state index is 2.36. The Balaban J connectivity index is 3.32. The first-order valence-electron chi connectivity index (χ1n) is 4.22. The zero-order chi connectivity index (χ0) is 7.28. The Morgan fingerprint density at radius 2 is 1.56 bits per heavy atom. The van der Waals surface area contributed by atoms with Crippen LogP contribution in [0.25, 0.3) is 0 Å². The largest absolute Gasteiger partial charge is 0.0654 e. The Morgan fingerprint density at radius 1 is 1.00 bits per heavy atom. The molecule has 0 unspecified atom stereocenters. The van der Waals surface area contributed by atoms with Gasteiger partial charge in [-0.3, -0.25) is 0 Å². The van der Waals surface area contributed by atoms with Gasteiger partial charge in [0.2, 0.25) is 0 Å². The maximum Gasteiger partial charge on any atom is -0.0417 e. The van der Waals surface area contributed by atoms with Gasteiger partial charge in [-0.15, -0.1) is 0 Å². The minimum atomic E-state index is 0.921. The van der Waals surface area contributed by atoms with Crippen molar-refractivity contribution in [1.29, 1.82) is 0 Å². The third-order valence-corrected chi connectivity index (χ3v) is 2.36. The van der Waals surface area contributed by atoms with Gasteiger partial charge < -0.3 is 0 Å². The Bertz CT molecular complexity index is 57.1. The van der Waals surface area contributed by atoms with Crippen LogP contribution in [-0.4, -0.2) is 0 Å². The summed E-state index contributed by atoms with van der Waals surface area (Å²) in [7, 11) is 0. The van der Waals surface area contributed by atoms with Gasteiger partial charge >= 0.3 is 0 Å². The summed E-state index contributed by atoms with van der Waals surface area (Å²) in [5.41, 5.74) is 0. The first-order chi connectivity index (χ1) is 4.22. The van der Waals surface area contributed by atoms with E-state index in [4.69, 9.17) is 0 Å². The van der Waals surface area contributed by atoms with Crippen molar-refractivity contribution in [1.82, 2.24) is 0 Å². The zero-order valence-electron chi connectivity index (χ0n) is 7.28. The lowest BCUT2D eigenvalue weighted by Gasteiger charge is -2.16. The van der Waals surface area contributed by atoms with Crippen LogP contribution in [0.2, 0.25) is 0 Å². The fourth-order valence-electron chi connectivity index (χ4n) is 1.14. The maximum atomic E-state index is 2.36. The molecule has 0 aromatic rings. The van der Waals surface area contributed by atoms with Crippen molar-refractivity contribution in [3.8, 4) is 0 Å². The normalized spacial score (nSPS) is 17.3. The van der Waals surface area contributed by atoms with Crippen LogP contribution in [0.5, 0.6) is 0 Å². The third-order valence-electron chi connectivity index (χ3n) is 2.36. The SMILES string of the molecule is CCC[C@@H](C)[C@@H](C)CC. The van der Waals surface area contributed by atoms with Crippen LogP contribution in [-0.2, 0) is 0 Å². The fraction of sp³-hybridized carbons (Fsp3) is 1.00. The second kappa shape index (κ2) is 4.84. The molecule has 0 aromatic heterocycles. The summed E-state index contributed by atoms with van der Waals surface area (Å²) in [6.07, 6.45) is 4.07. The monoisotopic (exact) mass is 128 g/mol. The molecule has 0 N–H and O–H groups in total. The lowest BCUT2D eigenvalue weighted by Crippen LogP contribution is -2.05. The highest BCUT2D eigenvalue weighted by atomic mass is 14.1. The first-order valence-corrected chi connectivity index (χ1v) is 4.22. The van der Waals surface area contributed by atoms with E-state index in [0.29, 0.717) is 0 Å². The van der Waals surface area contributed by atoms with E-state index in [1.54, 1.807) is 0 Å². The highest BCUT2D eigenvalue weighted by Gasteiger charge is 2.07.